The van der Waals surface area contributed by atoms with Crippen molar-refractivity contribution in [2.45, 2.75) is 51.6 Å². The van der Waals surface area contributed by atoms with Crippen LogP contribution in [0.2, 0.25) is 0 Å². The summed E-state index contributed by atoms with van der Waals surface area (Å²) in [7, 11) is 0. The van der Waals surface area contributed by atoms with E-state index in [0.29, 0.717) is 5.92 Å². The minimum Gasteiger partial charge on any atom is -0.370 e. The van der Waals surface area contributed by atoms with Crippen LogP contribution in [0.4, 0.5) is 0 Å². The van der Waals surface area contributed by atoms with Crippen molar-refractivity contribution in [3.8, 4) is 0 Å². The van der Waals surface area contributed by atoms with Crippen LogP contribution >= 0.6 is 0 Å². The zero-order valence-electron chi connectivity index (χ0n) is 11.1. The van der Waals surface area contributed by atoms with Gasteiger partial charge in [0.2, 0.25) is 0 Å². The lowest BCUT2D eigenvalue weighted by molar-refractivity contribution is -0.0858. The molecule has 0 N–H and O–H groups in total. The zero-order chi connectivity index (χ0) is 12.1. The van der Waals surface area contributed by atoms with Gasteiger partial charge in [0.25, 0.3) is 0 Å². The predicted molar refractivity (Wildman–Crippen MR) is 72.0 cm³/mol. The molecule has 0 aromatic heterocycles. The summed E-state index contributed by atoms with van der Waals surface area (Å²) in [5.74, 6) is 0.609. The molecule has 1 aromatic carbocycles. The SMILES string of the molecule is CC(C)COC1(c2ccccc2)CCCCC1. The summed E-state index contributed by atoms with van der Waals surface area (Å²) < 4.78 is 6.32. The van der Waals surface area contributed by atoms with E-state index in [2.05, 4.69) is 44.2 Å². The number of ether oxygens (including phenoxy) is 1. The highest BCUT2D eigenvalue weighted by Crippen LogP contribution is 2.40. The summed E-state index contributed by atoms with van der Waals surface area (Å²) in [5, 5.41) is 0. The Morgan fingerprint density at radius 3 is 2.29 bits per heavy atom. The van der Waals surface area contributed by atoms with E-state index in [1.807, 2.05) is 0 Å². The van der Waals surface area contributed by atoms with E-state index in [0.717, 1.165) is 6.61 Å². The van der Waals surface area contributed by atoms with Gasteiger partial charge in [0, 0.05) is 0 Å². The van der Waals surface area contributed by atoms with Gasteiger partial charge in [-0.2, -0.15) is 0 Å². The van der Waals surface area contributed by atoms with Crippen molar-refractivity contribution in [3.63, 3.8) is 0 Å². The van der Waals surface area contributed by atoms with Crippen molar-refractivity contribution in [2.24, 2.45) is 5.92 Å². The normalized spacial score (nSPS) is 19.5. The molecular formula is C16H24O. The van der Waals surface area contributed by atoms with Gasteiger partial charge in [-0.05, 0) is 24.3 Å². The van der Waals surface area contributed by atoms with Gasteiger partial charge >= 0.3 is 0 Å². The maximum atomic E-state index is 6.32. The second-order valence-electron chi connectivity index (χ2n) is 5.63. The van der Waals surface area contributed by atoms with Gasteiger partial charge in [-0.3, -0.25) is 0 Å². The zero-order valence-corrected chi connectivity index (χ0v) is 11.1. The number of rotatable bonds is 4. The van der Waals surface area contributed by atoms with E-state index in [4.69, 9.17) is 4.74 Å². The van der Waals surface area contributed by atoms with Gasteiger partial charge in [0.15, 0.2) is 0 Å². The van der Waals surface area contributed by atoms with Crippen LogP contribution < -0.4 is 0 Å². The lowest BCUT2D eigenvalue weighted by atomic mass is 9.79. The lowest BCUT2D eigenvalue weighted by Crippen LogP contribution is -2.33. The fourth-order valence-electron chi connectivity index (χ4n) is 2.71. The Morgan fingerprint density at radius 1 is 1.06 bits per heavy atom. The number of hydrogen-bond acceptors (Lipinski definition) is 1. The van der Waals surface area contributed by atoms with Crippen LogP contribution in [0.3, 0.4) is 0 Å². The maximum absolute atomic E-state index is 6.32. The van der Waals surface area contributed by atoms with Gasteiger partial charge in [-0.15, -0.1) is 0 Å². The van der Waals surface area contributed by atoms with Gasteiger partial charge in [-0.25, -0.2) is 0 Å². The van der Waals surface area contributed by atoms with E-state index >= 15 is 0 Å². The topological polar surface area (TPSA) is 9.23 Å². The second-order valence-corrected chi connectivity index (χ2v) is 5.63. The van der Waals surface area contributed by atoms with Crippen LogP contribution in [0.1, 0.15) is 51.5 Å². The smallest absolute Gasteiger partial charge is 0.0931 e. The first-order valence-corrected chi connectivity index (χ1v) is 6.92. The van der Waals surface area contributed by atoms with Crippen LogP contribution in [0.5, 0.6) is 0 Å². The molecule has 0 saturated heterocycles. The van der Waals surface area contributed by atoms with E-state index in [1.54, 1.807) is 0 Å². The third kappa shape index (κ3) is 3.10. The molecule has 0 spiro atoms. The third-order valence-electron chi connectivity index (χ3n) is 3.65. The molecule has 0 atom stereocenters. The largest absolute Gasteiger partial charge is 0.370 e. The highest BCUT2D eigenvalue weighted by atomic mass is 16.5. The average Bonchev–Trinajstić information content (AvgIpc) is 2.39. The molecule has 1 aromatic rings. The molecular weight excluding hydrogens is 208 g/mol. The Labute approximate surface area is 105 Å². The van der Waals surface area contributed by atoms with Gasteiger partial charge in [-0.1, -0.05) is 63.4 Å². The highest BCUT2D eigenvalue weighted by molar-refractivity contribution is 5.23. The molecule has 94 valence electrons. The Bertz CT molecular complexity index is 323. The monoisotopic (exact) mass is 232 g/mol. The first-order valence-electron chi connectivity index (χ1n) is 6.92. The summed E-state index contributed by atoms with van der Waals surface area (Å²) >= 11 is 0. The number of hydrogen-bond donors (Lipinski definition) is 0. The van der Waals surface area contributed by atoms with Crippen molar-refractivity contribution in [1.82, 2.24) is 0 Å². The molecule has 17 heavy (non-hydrogen) atoms. The molecule has 1 heteroatoms. The highest BCUT2D eigenvalue weighted by Gasteiger charge is 2.34. The van der Waals surface area contributed by atoms with Gasteiger partial charge in [0.1, 0.15) is 0 Å². The first-order chi connectivity index (χ1) is 8.23. The van der Waals surface area contributed by atoms with Crippen molar-refractivity contribution < 1.29 is 4.74 Å². The van der Waals surface area contributed by atoms with E-state index < -0.39 is 0 Å². The van der Waals surface area contributed by atoms with Crippen molar-refractivity contribution in [2.75, 3.05) is 6.61 Å². The molecule has 2 rings (SSSR count). The molecule has 1 nitrogen and oxygen atoms in total. The Hall–Kier alpha value is -0.820. The average molecular weight is 232 g/mol. The summed E-state index contributed by atoms with van der Waals surface area (Å²) in [4.78, 5) is 0. The maximum Gasteiger partial charge on any atom is 0.0931 e. The standard InChI is InChI=1S/C16H24O/c1-14(2)13-17-16(11-7-4-8-12-16)15-9-5-3-6-10-15/h3,5-6,9-10,14H,4,7-8,11-13H2,1-2H3. The van der Waals surface area contributed by atoms with Crippen molar-refractivity contribution >= 4 is 0 Å². The summed E-state index contributed by atoms with van der Waals surface area (Å²) in [6.07, 6.45) is 6.33. The van der Waals surface area contributed by atoms with Crippen molar-refractivity contribution in [1.29, 1.82) is 0 Å². The van der Waals surface area contributed by atoms with Gasteiger partial charge in [0.05, 0.1) is 12.2 Å². The minimum absolute atomic E-state index is 0.00375. The Kier molecular flexibility index (Phi) is 4.22. The molecule has 0 aliphatic heterocycles. The minimum atomic E-state index is 0.00375. The van der Waals surface area contributed by atoms with E-state index in [1.165, 1.54) is 37.7 Å². The van der Waals surface area contributed by atoms with Crippen LogP contribution in [0.25, 0.3) is 0 Å². The third-order valence-corrected chi connectivity index (χ3v) is 3.65. The van der Waals surface area contributed by atoms with E-state index in [9.17, 15) is 0 Å². The fourth-order valence-corrected chi connectivity index (χ4v) is 2.71. The molecule has 0 amide bonds. The van der Waals surface area contributed by atoms with Crippen LogP contribution in [0.15, 0.2) is 30.3 Å². The molecule has 0 unspecified atom stereocenters. The quantitative estimate of drug-likeness (QED) is 0.741. The van der Waals surface area contributed by atoms with Crippen molar-refractivity contribution in [3.05, 3.63) is 35.9 Å². The predicted octanol–water partition coefficient (Wildman–Crippen LogP) is 4.52. The summed E-state index contributed by atoms with van der Waals surface area (Å²) in [6.45, 7) is 5.32. The number of benzene rings is 1. The van der Waals surface area contributed by atoms with Gasteiger partial charge < -0.3 is 4.74 Å². The molecule has 0 heterocycles. The Balaban J connectivity index is 2.17. The lowest BCUT2D eigenvalue weighted by Gasteiger charge is -2.38. The first kappa shape index (κ1) is 12.6. The van der Waals surface area contributed by atoms with Crippen LogP contribution in [-0.2, 0) is 10.3 Å². The molecule has 0 bridgehead atoms. The summed E-state index contributed by atoms with van der Waals surface area (Å²) in [6, 6.07) is 10.8. The summed E-state index contributed by atoms with van der Waals surface area (Å²) in [5.41, 5.74) is 1.38. The van der Waals surface area contributed by atoms with E-state index in [-0.39, 0.29) is 5.60 Å². The Morgan fingerprint density at radius 2 is 1.71 bits per heavy atom. The fraction of sp³-hybridized carbons (Fsp3) is 0.625. The second kappa shape index (κ2) is 5.68. The molecule has 1 aliphatic carbocycles. The molecule has 1 aliphatic rings. The van der Waals surface area contributed by atoms with Crippen LogP contribution in [0, 0.1) is 5.92 Å². The molecule has 1 fully saturated rings. The molecule has 0 radical (unpaired) electrons. The van der Waals surface area contributed by atoms with Crippen LogP contribution in [-0.4, -0.2) is 6.61 Å². The molecule has 1 saturated carbocycles.